The van der Waals surface area contributed by atoms with Gasteiger partial charge in [0, 0.05) is 11.6 Å². The van der Waals surface area contributed by atoms with E-state index in [2.05, 4.69) is 26.1 Å². The van der Waals surface area contributed by atoms with Crippen LogP contribution in [0.2, 0.25) is 0 Å². The van der Waals surface area contributed by atoms with Gasteiger partial charge < -0.3 is 4.90 Å². The highest BCUT2D eigenvalue weighted by Crippen LogP contribution is 2.32. The predicted molar refractivity (Wildman–Crippen MR) is 82.1 cm³/mol. The second-order valence-electron chi connectivity index (χ2n) is 5.92. The standard InChI is InChI=1S/C17H25FN2O/c1-5-11(3)12(4)20-16(19-15(6-2)17(20)21)13-9-7-8-10-14(13)18/h7-12,15-16,19H,5-6H2,1-4H3. The van der Waals surface area contributed by atoms with Crippen molar-refractivity contribution in [1.82, 2.24) is 10.2 Å². The van der Waals surface area contributed by atoms with E-state index in [4.69, 9.17) is 0 Å². The first kappa shape index (κ1) is 16.0. The van der Waals surface area contributed by atoms with Crippen molar-refractivity contribution >= 4 is 5.91 Å². The number of benzene rings is 1. The Hall–Kier alpha value is -1.42. The molecule has 0 aliphatic carbocycles. The second-order valence-corrected chi connectivity index (χ2v) is 5.92. The molecule has 1 aromatic carbocycles. The van der Waals surface area contributed by atoms with Crippen LogP contribution in [0.4, 0.5) is 4.39 Å². The normalized spacial score (nSPS) is 25.2. The average molecular weight is 292 g/mol. The minimum Gasteiger partial charge on any atom is -0.318 e. The third-order valence-electron chi connectivity index (χ3n) is 4.70. The van der Waals surface area contributed by atoms with E-state index in [9.17, 15) is 9.18 Å². The summed E-state index contributed by atoms with van der Waals surface area (Å²) < 4.78 is 14.1. The lowest BCUT2D eigenvalue weighted by Crippen LogP contribution is -2.42. The van der Waals surface area contributed by atoms with Crippen LogP contribution in [0, 0.1) is 11.7 Å². The number of hydrogen-bond acceptors (Lipinski definition) is 2. The van der Waals surface area contributed by atoms with Crippen molar-refractivity contribution in [2.75, 3.05) is 0 Å². The number of rotatable bonds is 5. The van der Waals surface area contributed by atoms with E-state index >= 15 is 0 Å². The van der Waals surface area contributed by atoms with Gasteiger partial charge in [0.25, 0.3) is 0 Å². The molecule has 1 N–H and O–H groups in total. The third kappa shape index (κ3) is 2.95. The SMILES string of the molecule is CCC1NC(c2ccccc2F)N(C(C)C(C)CC)C1=O. The van der Waals surface area contributed by atoms with Crippen LogP contribution in [0.1, 0.15) is 52.3 Å². The van der Waals surface area contributed by atoms with E-state index in [-0.39, 0.29) is 30.0 Å². The summed E-state index contributed by atoms with van der Waals surface area (Å²) in [6, 6.07) is 6.56. The van der Waals surface area contributed by atoms with Gasteiger partial charge in [-0.25, -0.2) is 4.39 Å². The second kappa shape index (κ2) is 6.56. The van der Waals surface area contributed by atoms with E-state index in [1.807, 2.05) is 17.9 Å². The molecular formula is C17H25FN2O. The van der Waals surface area contributed by atoms with Crippen LogP contribution in [0.5, 0.6) is 0 Å². The van der Waals surface area contributed by atoms with E-state index in [1.54, 1.807) is 12.1 Å². The van der Waals surface area contributed by atoms with Crippen LogP contribution in [0.3, 0.4) is 0 Å². The van der Waals surface area contributed by atoms with Gasteiger partial charge in [-0.3, -0.25) is 10.1 Å². The molecule has 4 atom stereocenters. The smallest absolute Gasteiger partial charge is 0.241 e. The zero-order chi connectivity index (χ0) is 15.6. The number of nitrogens with one attached hydrogen (secondary N) is 1. The molecule has 1 amide bonds. The maximum absolute atomic E-state index is 14.1. The topological polar surface area (TPSA) is 32.3 Å². The van der Waals surface area contributed by atoms with Gasteiger partial charge in [0.2, 0.25) is 5.91 Å². The van der Waals surface area contributed by atoms with Crippen LogP contribution < -0.4 is 5.32 Å². The zero-order valence-electron chi connectivity index (χ0n) is 13.3. The molecule has 3 nitrogen and oxygen atoms in total. The molecule has 2 rings (SSSR count). The van der Waals surface area contributed by atoms with Gasteiger partial charge in [-0.2, -0.15) is 0 Å². The quantitative estimate of drug-likeness (QED) is 0.901. The van der Waals surface area contributed by atoms with Gasteiger partial charge in [0.1, 0.15) is 12.0 Å². The molecule has 0 radical (unpaired) electrons. The van der Waals surface area contributed by atoms with Crippen LogP contribution in [-0.2, 0) is 4.79 Å². The summed E-state index contributed by atoms with van der Waals surface area (Å²) in [5.41, 5.74) is 0.553. The fourth-order valence-electron chi connectivity index (χ4n) is 2.93. The largest absolute Gasteiger partial charge is 0.318 e. The lowest BCUT2D eigenvalue weighted by molar-refractivity contribution is -0.133. The van der Waals surface area contributed by atoms with Crippen LogP contribution in [-0.4, -0.2) is 22.9 Å². The minimum atomic E-state index is -0.368. The van der Waals surface area contributed by atoms with Gasteiger partial charge in [0.15, 0.2) is 0 Å². The van der Waals surface area contributed by atoms with Crippen LogP contribution in [0.15, 0.2) is 24.3 Å². The lowest BCUT2D eigenvalue weighted by atomic mass is 9.98. The molecule has 1 aromatic rings. The predicted octanol–water partition coefficient (Wildman–Crippen LogP) is 3.47. The highest BCUT2D eigenvalue weighted by Gasteiger charge is 2.42. The number of carbonyl (C=O) groups excluding carboxylic acids is 1. The number of nitrogens with zero attached hydrogens (tertiary/aromatic N) is 1. The van der Waals surface area contributed by atoms with Crippen molar-refractivity contribution < 1.29 is 9.18 Å². The van der Waals surface area contributed by atoms with Gasteiger partial charge in [-0.1, -0.05) is 45.4 Å². The fourth-order valence-corrected chi connectivity index (χ4v) is 2.93. The molecule has 1 aliphatic heterocycles. The van der Waals surface area contributed by atoms with Gasteiger partial charge in [-0.15, -0.1) is 0 Å². The van der Waals surface area contributed by atoms with Crippen molar-refractivity contribution in [3.63, 3.8) is 0 Å². The first-order chi connectivity index (χ1) is 10.0. The third-order valence-corrected chi connectivity index (χ3v) is 4.70. The van der Waals surface area contributed by atoms with Crippen molar-refractivity contribution in [3.8, 4) is 0 Å². The van der Waals surface area contributed by atoms with E-state index < -0.39 is 0 Å². The molecule has 1 aliphatic rings. The van der Waals surface area contributed by atoms with Crippen LogP contribution in [0.25, 0.3) is 0 Å². The zero-order valence-corrected chi connectivity index (χ0v) is 13.3. The summed E-state index contributed by atoms with van der Waals surface area (Å²) in [4.78, 5) is 14.5. The maximum atomic E-state index is 14.1. The highest BCUT2D eigenvalue weighted by atomic mass is 19.1. The lowest BCUT2D eigenvalue weighted by Gasteiger charge is -2.34. The Balaban J connectivity index is 2.37. The molecule has 0 bridgehead atoms. The van der Waals surface area contributed by atoms with E-state index in [0.29, 0.717) is 17.9 Å². The van der Waals surface area contributed by atoms with Gasteiger partial charge >= 0.3 is 0 Å². The molecule has 0 spiro atoms. The molecule has 1 fully saturated rings. The van der Waals surface area contributed by atoms with Crippen LogP contribution >= 0.6 is 0 Å². The maximum Gasteiger partial charge on any atom is 0.241 e. The molecule has 0 aromatic heterocycles. The summed E-state index contributed by atoms with van der Waals surface area (Å²) in [5.74, 6) is 0.195. The van der Waals surface area contributed by atoms with E-state index in [0.717, 1.165) is 6.42 Å². The number of halogens is 1. The molecule has 116 valence electrons. The Morgan fingerprint density at radius 1 is 1.29 bits per heavy atom. The Labute approximate surface area is 126 Å². The van der Waals surface area contributed by atoms with Gasteiger partial charge in [-0.05, 0) is 25.3 Å². The van der Waals surface area contributed by atoms with Crippen molar-refractivity contribution in [2.45, 2.75) is 58.8 Å². The number of hydrogen-bond donors (Lipinski definition) is 1. The number of carbonyl (C=O) groups is 1. The summed E-state index contributed by atoms with van der Waals surface area (Å²) in [7, 11) is 0. The molecular weight excluding hydrogens is 267 g/mol. The molecule has 1 saturated heterocycles. The molecule has 4 heteroatoms. The molecule has 4 unspecified atom stereocenters. The minimum absolute atomic E-state index is 0.0798. The Morgan fingerprint density at radius 3 is 2.52 bits per heavy atom. The summed E-state index contributed by atoms with van der Waals surface area (Å²) in [5, 5.41) is 3.29. The summed E-state index contributed by atoms with van der Waals surface area (Å²) in [6.07, 6.45) is 1.34. The monoisotopic (exact) mass is 292 g/mol. The molecule has 0 saturated carbocycles. The van der Waals surface area contributed by atoms with Crippen molar-refractivity contribution in [2.24, 2.45) is 5.92 Å². The van der Waals surface area contributed by atoms with Gasteiger partial charge in [0.05, 0.1) is 6.04 Å². The fraction of sp³-hybridized carbons (Fsp3) is 0.588. The molecule has 1 heterocycles. The van der Waals surface area contributed by atoms with E-state index in [1.165, 1.54) is 6.07 Å². The summed E-state index contributed by atoms with van der Waals surface area (Å²) >= 11 is 0. The first-order valence-electron chi connectivity index (χ1n) is 7.83. The first-order valence-corrected chi connectivity index (χ1v) is 7.83. The summed E-state index contributed by atoms with van der Waals surface area (Å²) in [6.45, 7) is 8.28. The molecule has 21 heavy (non-hydrogen) atoms. The Morgan fingerprint density at radius 2 is 1.95 bits per heavy atom. The highest BCUT2D eigenvalue weighted by molar-refractivity contribution is 5.84. The Bertz CT molecular complexity index is 505. The Kier molecular flexibility index (Phi) is 4.99. The van der Waals surface area contributed by atoms with Crippen molar-refractivity contribution in [3.05, 3.63) is 35.6 Å². The average Bonchev–Trinajstić information content (AvgIpc) is 2.82. The van der Waals surface area contributed by atoms with Crippen molar-refractivity contribution in [1.29, 1.82) is 0 Å². The number of amides is 1.